The summed E-state index contributed by atoms with van der Waals surface area (Å²) in [6.07, 6.45) is 5.12. The summed E-state index contributed by atoms with van der Waals surface area (Å²) in [6, 6.07) is 6.69. The number of nitrogens with zero attached hydrogens (tertiary/aromatic N) is 5. The number of rotatable bonds is 15. The summed E-state index contributed by atoms with van der Waals surface area (Å²) in [4.78, 5) is 86.0. The molecule has 14 atom stereocenters. The quantitative estimate of drug-likeness (QED) is 0.0415. The Labute approximate surface area is 521 Å². The van der Waals surface area contributed by atoms with Gasteiger partial charge in [-0.3, -0.25) is 24.1 Å². The molecule has 484 valence electrons. The zero-order valence-corrected chi connectivity index (χ0v) is 53.1. The number of allylic oxidation sites excluding steroid dienone is 3. The molecule has 22 heteroatoms. The summed E-state index contributed by atoms with van der Waals surface area (Å²) >= 11 is 6.03. The van der Waals surface area contributed by atoms with Gasteiger partial charge in [0.1, 0.15) is 35.9 Å². The molecule has 3 aromatic rings. The number of methoxy groups -OCH3 is 2. The van der Waals surface area contributed by atoms with Crippen LogP contribution in [0.15, 0.2) is 60.0 Å². The SMILES string of the molecule is COc1cc2ncnc(Nc3ccc(F)c(Cl)c3)c2cc1OCCCN1CCN(C(=O)CCC[C@@H]2/C=C(\C)C[C@H](C)C[C@H](C)[C@H]3O[C@@](O)(C(=O)C(=O)N4CCCC[C@H]4C(=O)O[C@H](/C(C)=C/[C@@H]4CC[C@@H](O)[C@H](OC)C4)[C@H](C)[C@@H](O)CC2=O)[C@H](C)C[C@@H]3O)CC1. The van der Waals surface area contributed by atoms with E-state index in [1.165, 1.54) is 18.5 Å². The normalized spacial score (nSPS) is 31.9. The van der Waals surface area contributed by atoms with Crippen LogP contribution in [0.4, 0.5) is 15.9 Å². The van der Waals surface area contributed by atoms with Gasteiger partial charge in [-0.25, -0.2) is 19.2 Å². The van der Waals surface area contributed by atoms with Crippen LogP contribution in [0.5, 0.6) is 11.5 Å². The number of carbonyl (C=O) groups excluding carboxylic acids is 5. The smallest absolute Gasteiger partial charge is 0.329 e. The minimum Gasteiger partial charge on any atom is -0.493 e. The van der Waals surface area contributed by atoms with Gasteiger partial charge in [0.2, 0.25) is 11.7 Å². The van der Waals surface area contributed by atoms with E-state index in [1.54, 1.807) is 47.1 Å². The largest absolute Gasteiger partial charge is 0.493 e. The molecule has 5 heterocycles. The van der Waals surface area contributed by atoms with Crippen molar-refractivity contribution in [1.82, 2.24) is 24.7 Å². The van der Waals surface area contributed by atoms with E-state index >= 15 is 0 Å². The minimum atomic E-state index is -2.57. The second kappa shape index (κ2) is 30.9. The number of amides is 2. The van der Waals surface area contributed by atoms with Gasteiger partial charge in [0.25, 0.3) is 11.7 Å². The van der Waals surface area contributed by atoms with Gasteiger partial charge in [0, 0.05) is 94.1 Å². The highest BCUT2D eigenvalue weighted by atomic mass is 35.5. The van der Waals surface area contributed by atoms with Crippen LogP contribution in [0.3, 0.4) is 0 Å². The summed E-state index contributed by atoms with van der Waals surface area (Å²) in [7, 11) is 3.11. The highest BCUT2D eigenvalue weighted by Crippen LogP contribution is 2.41. The Morgan fingerprint density at radius 1 is 0.898 bits per heavy atom. The molecule has 88 heavy (non-hydrogen) atoms. The maximum atomic E-state index is 14.7. The van der Waals surface area contributed by atoms with Crippen molar-refractivity contribution in [3.63, 3.8) is 0 Å². The molecule has 0 radical (unpaired) electrons. The number of nitrogens with one attached hydrogen (secondary N) is 1. The minimum absolute atomic E-state index is 0.0104. The first-order chi connectivity index (χ1) is 42.0. The maximum absolute atomic E-state index is 14.7. The molecule has 5 N–H and O–H groups in total. The monoisotopic (exact) mass is 1250 g/mol. The Hall–Kier alpha value is -5.65. The second-order valence-corrected chi connectivity index (χ2v) is 26.0. The Bertz CT molecular complexity index is 3000. The number of hydrogen-bond acceptors (Lipinski definition) is 18. The third-order valence-electron chi connectivity index (χ3n) is 18.8. The second-order valence-electron chi connectivity index (χ2n) is 25.6. The summed E-state index contributed by atoms with van der Waals surface area (Å²) < 4.78 is 43.9. The van der Waals surface area contributed by atoms with Gasteiger partial charge in [0.15, 0.2) is 11.5 Å². The maximum Gasteiger partial charge on any atom is 0.329 e. The Balaban J connectivity index is 0.930. The molecule has 8 rings (SSSR count). The fraction of sp³-hybridized carbons (Fsp3) is 0.652. The number of fused-ring (bicyclic) bond motifs is 4. The zero-order valence-electron chi connectivity index (χ0n) is 52.3. The summed E-state index contributed by atoms with van der Waals surface area (Å²) in [5.74, 6) is -7.88. The summed E-state index contributed by atoms with van der Waals surface area (Å²) in [6.45, 7) is 14.5. The third-order valence-corrected chi connectivity index (χ3v) is 19.1. The number of piperidine rings is 1. The van der Waals surface area contributed by atoms with Crippen LogP contribution in [0.25, 0.3) is 10.9 Å². The topological polar surface area (TPSA) is 260 Å². The van der Waals surface area contributed by atoms with Crippen molar-refractivity contribution in [2.24, 2.45) is 35.5 Å². The fourth-order valence-corrected chi connectivity index (χ4v) is 13.9. The molecule has 20 nitrogen and oxygen atoms in total. The van der Waals surface area contributed by atoms with E-state index < -0.39 is 89.7 Å². The van der Waals surface area contributed by atoms with Crippen molar-refractivity contribution >= 4 is 63.4 Å². The average Bonchev–Trinajstić information content (AvgIpc) is 1.78. The van der Waals surface area contributed by atoms with E-state index in [9.17, 15) is 48.8 Å². The molecule has 4 aliphatic heterocycles. The number of hydrogen-bond donors (Lipinski definition) is 5. The number of cyclic esters (lactones) is 1. The standard InChI is InChI=1S/C66H92ClFN6O14/c1-38-27-39(2)29-45(13-11-15-59(79)73-24-22-72(23-25-73)20-12-26-86-58-34-47-50(35-57(58)85-8)69-37-70-63(47)71-46-17-18-49(68)48(67)33-46)54(77)36-53(76)43(6)60(41(4)30-44-16-19-52(75)56(32-44)84-7)87-65(82)51-14-9-10-21-74(51)64(81)62(80)66(83)42(5)31-55(78)61(88-66)40(3)28-38/h17-18,29-30,33-35,37-38,40,42-45,51-53,55-56,60-61,75-76,78,83H,9-16,19-28,31-32,36H2,1-8H3,(H,69,70,71)/b39-29+,41-30+/t38-,40-,42+,43+,44-,45+,51-,52+,53-,55-,56+,60+,61+,66+/m0/s1. The van der Waals surface area contributed by atoms with Crippen molar-refractivity contribution < 1.29 is 72.5 Å². The zero-order chi connectivity index (χ0) is 63.6. The molecule has 1 aromatic heterocycles. The van der Waals surface area contributed by atoms with Crippen LogP contribution >= 0.6 is 11.6 Å². The van der Waals surface area contributed by atoms with E-state index in [0.717, 1.165) is 17.0 Å². The molecule has 1 aliphatic carbocycles. The number of esters is 1. The molecule has 4 fully saturated rings. The van der Waals surface area contributed by atoms with Crippen molar-refractivity contribution in [2.45, 2.75) is 180 Å². The van der Waals surface area contributed by atoms with Crippen LogP contribution in [-0.4, -0.2) is 183 Å². The lowest BCUT2D eigenvalue weighted by Crippen LogP contribution is -2.63. The summed E-state index contributed by atoms with van der Waals surface area (Å²) in [5.41, 5.74) is 2.68. The third kappa shape index (κ3) is 16.8. The van der Waals surface area contributed by atoms with Crippen LogP contribution in [-0.2, 0) is 38.2 Å². The van der Waals surface area contributed by atoms with Crippen molar-refractivity contribution in [1.29, 1.82) is 0 Å². The highest BCUT2D eigenvalue weighted by molar-refractivity contribution is 6.39. The highest BCUT2D eigenvalue weighted by Gasteiger charge is 2.56. The lowest BCUT2D eigenvalue weighted by atomic mass is 9.79. The molecule has 2 amide bonds. The fourth-order valence-electron chi connectivity index (χ4n) is 13.7. The van der Waals surface area contributed by atoms with Gasteiger partial charge < -0.3 is 59.2 Å². The number of aliphatic hydroxyl groups is 4. The van der Waals surface area contributed by atoms with Crippen molar-refractivity contribution in [3.05, 3.63) is 70.8 Å². The number of ketones is 2. The predicted molar refractivity (Wildman–Crippen MR) is 329 cm³/mol. The molecule has 1 saturated carbocycles. The van der Waals surface area contributed by atoms with Gasteiger partial charge in [-0.15, -0.1) is 0 Å². The number of piperazine rings is 1. The van der Waals surface area contributed by atoms with Crippen LogP contribution in [0, 0.1) is 41.3 Å². The number of aromatic nitrogens is 2. The van der Waals surface area contributed by atoms with E-state index in [-0.39, 0.29) is 66.7 Å². The lowest BCUT2D eigenvalue weighted by Gasteiger charge is -2.46. The predicted octanol–water partition coefficient (Wildman–Crippen LogP) is 8.30. The molecular formula is C66H92ClFN6O14. The van der Waals surface area contributed by atoms with E-state index in [2.05, 4.69) is 20.2 Å². The number of benzene rings is 2. The molecule has 2 bridgehead atoms. The molecule has 2 aromatic carbocycles. The van der Waals surface area contributed by atoms with Gasteiger partial charge in [-0.2, -0.15) is 0 Å². The molecular weight excluding hydrogens is 1160 g/mol. The molecule has 5 aliphatic rings. The van der Waals surface area contributed by atoms with Crippen molar-refractivity contribution in [3.8, 4) is 11.5 Å². The number of ether oxygens (including phenoxy) is 5. The number of carbonyl (C=O) groups is 5. The van der Waals surface area contributed by atoms with E-state index in [4.69, 9.17) is 35.3 Å². The number of Topliss-reactive ketones (excluding diaryl/α,β-unsaturated/α-hetero) is 2. The lowest BCUT2D eigenvalue weighted by molar-refractivity contribution is -0.292. The number of halogens is 2. The molecule has 3 saturated heterocycles. The first kappa shape index (κ1) is 68.3. The molecule has 0 spiro atoms. The molecule has 0 unspecified atom stereocenters. The first-order valence-corrected chi connectivity index (χ1v) is 31.9. The Kier molecular flexibility index (Phi) is 24.0. The van der Waals surface area contributed by atoms with Crippen LogP contribution in [0.2, 0.25) is 5.02 Å². The van der Waals surface area contributed by atoms with Gasteiger partial charge in [-0.05, 0) is 138 Å². The van der Waals surface area contributed by atoms with Crippen LogP contribution < -0.4 is 14.8 Å². The van der Waals surface area contributed by atoms with Gasteiger partial charge in [0.05, 0.1) is 54.8 Å². The summed E-state index contributed by atoms with van der Waals surface area (Å²) in [5, 5.41) is 50.0. The van der Waals surface area contributed by atoms with E-state index in [0.29, 0.717) is 136 Å². The average molecular weight is 1250 g/mol. The van der Waals surface area contributed by atoms with Gasteiger partial charge >= 0.3 is 5.97 Å². The van der Waals surface area contributed by atoms with Crippen molar-refractivity contribution in [2.75, 3.05) is 65.4 Å². The Morgan fingerprint density at radius 3 is 2.39 bits per heavy atom. The first-order valence-electron chi connectivity index (χ1n) is 31.6. The van der Waals surface area contributed by atoms with Crippen LogP contribution in [0.1, 0.15) is 131 Å². The number of anilines is 2. The van der Waals surface area contributed by atoms with Gasteiger partial charge in [-0.1, -0.05) is 57.0 Å². The Morgan fingerprint density at radius 2 is 1.66 bits per heavy atom. The van der Waals surface area contributed by atoms with E-state index in [1.807, 2.05) is 43.9 Å². The number of aliphatic hydroxyl groups excluding tert-OH is 3.